The Morgan fingerprint density at radius 1 is 1.44 bits per heavy atom. The molecule has 0 aromatic heterocycles. The van der Waals surface area contributed by atoms with Crippen LogP contribution in [0.1, 0.15) is 6.42 Å². The van der Waals surface area contributed by atoms with Crippen molar-refractivity contribution in [3.8, 4) is 0 Å². The minimum atomic E-state index is -0.192. The number of nitrogens with zero attached hydrogens (tertiary/aromatic N) is 1. The average Bonchev–Trinajstić information content (AvgIpc) is 2.64. The van der Waals surface area contributed by atoms with Crippen LogP contribution >= 0.6 is 0 Å². The standard InChI is InChI=1S/C13H17FN2/c1-16(9-10-5-6-12(15)7-10)13-4-2-3-11(14)8-13/h2-6,8,10,12H,7,9,15H2,1H3. The summed E-state index contributed by atoms with van der Waals surface area (Å²) < 4.78 is 13.0. The fourth-order valence-corrected chi connectivity index (χ4v) is 2.11. The van der Waals surface area contributed by atoms with E-state index in [1.807, 2.05) is 19.2 Å². The molecule has 2 unspecified atom stereocenters. The molecule has 16 heavy (non-hydrogen) atoms. The summed E-state index contributed by atoms with van der Waals surface area (Å²) in [7, 11) is 1.98. The normalized spacial score (nSPS) is 23.7. The first-order chi connectivity index (χ1) is 7.65. The van der Waals surface area contributed by atoms with Crippen LogP contribution in [0.5, 0.6) is 0 Å². The van der Waals surface area contributed by atoms with Gasteiger partial charge < -0.3 is 10.6 Å². The van der Waals surface area contributed by atoms with Crippen molar-refractivity contribution in [1.82, 2.24) is 0 Å². The lowest BCUT2D eigenvalue weighted by molar-refractivity contribution is 0.584. The number of nitrogens with two attached hydrogens (primary N) is 1. The maximum absolute atomic E-state index is 13.0. The predicted octanol–water partition coefficient (Wildman–Crippen LogP) is 2.17. The number of rotatable bonds is 3. The summed E-state index contributed by atoms with van der Waals surface area (Å²) in [4.78, 5) is 2.07. The second-order valence-corrected chi connectivity index (χ2v) is 4.40. The number of hydrogen-bond acceptors (Lipinski definition) is 2. The van der Waals surface area contributed by atoms with Gasteiger partial charge in [-0.3, -0.25) is 0 Å². The second kappa shape index (κ2) is 4.66. The second-order valence-electron chi connectivity index (χ2n) is 4.40. The first-order valence-corrected chi connectivity index (χ1v) is 5.56. The van der Waals surface area contributed by atoms with Crippen molar-refractivity contribution >= 4 is 5.69 Å². The number of benzene rings is 1. The Labute approximate surface area is 95.6 Å². The highest BCUT2D eigenvalue weighted by Crippen LogP contribution is 2.21. The van der Waals surface area contributed by atoms with Crippen LogP contribution in [0.25, 0.3) is 0 Å². The Kier molecular flexibility index (Phi) is 3.25. The minimum absolute atomic E-state index is 0.186. The van der Waals surface area contributed by atoms with Gasteiger partial charge in [0.2, 0.25) is 0 Å². The fraction of sp³-hybridized carbons (Fsp3) is 0.385. The quantitative estimate of drug-likeness (QED) is 0.791. The van der Waals surface area contributed by atoms with Crippen LogP contribution in [0.3, 0.4) is 0 Å². The molecule has 1 aliphatic carbocycles. The minimum Gasteiger partial charge on any atom is -0.374 e. The van der Waals surface area contributed by atoms with Crippen molar-refractivity contribution in [2.75, 3.05) is 18.5 Å². The third-order valence-corrected chi connectivity index (χ3v) is 2.96. The summed E-state index contributed by atoms with van der Waals surface area (Å²) in [6, 6.07) is 6.85. The van der Waals surface area contributed by atoms with Crippen molar-refractivity contribution in [3.63, 3.8) is 0 Å². The highest BCUT2D eigenvalue weighted by atomic mass is 19.1. The molecule has 0 aliphatic heterocycles. The molecule has 0 saturated carbocycles. The molecule has 0 heterocycles. The molecule has 0 fully saturated rings. The van der Waals surface area contributed by atoms with Crippen LogP contribution in [0, 0.1) is 11.7 Å². The molecule has 2 nitrogen and oxygen atoms in total. The Morgan fingerprint density at radius 2 is 2.25 bits per heavy atom. The van der Waals surface area contributed by atoms with E-state index in [9.17, 15) is 4.39 Å². The molecule has 2 atom stereocenters. The number of anilines is 1. The molecule has 1 aromatic rings. The zero-order chi connectivity index (χ0) is 11.5. The molecule has 0 bridgehead atoms. The average molecular weight is 220 g/mol. The van der Waals surface area contributed by atoms with Gasteiger partial charge in [0, 0.05) is 25.3 Å². The van der Waals surface area contributed by atoms with Crippen molar-refractivity contribution < 1.29 is 4.39 Å². The van der Waals surface area contributed by atoms with E-state index >= 15 is 0 Å². The summed E-state index contributed by atoms with van der Waals surface area (Å²) in [6.07, 6.45) is 5.18. The summed E-state index contributed by atoms with van der Waals surface area (Å²) >= 11 is 0. The molecule has 1 aliphatic rings. The molecule has 86 valence electrons. The van der Waals surface area contributed by atoms with Crippen LogP contribution in [0.2, 0.25) is 0 Å². The lowest BCUT2D eigenvalue weighted by atomic mass is 10.1. The smallest absolute Gasteiger partial charge is 0.125 e. The molecule has 0 radical (unpaired) electrons. The lowest BCUT2D eigenvalue weighted by Crippen LogP contribution is -2.26. The van der Waals surface area contributed by atoms with E-state index in [1.54, 1.807) is 12.1 Å². The molecule has 0 saturated heterocycles. The molecule has 2 N–H and O–H groups in total. The number of hydrogen-bond donors (Lipinski definition) is 1. The zero-order valence-corrected chi connectivity index (χ0v) is 9.44. The van der Waals surface area contributed by atoms with E-state index in [4.69, 9.17) is 5.73 Å². The van der Waals surface area contributed by atoms with Crippen molar-refractivity contribution in [2.45, 2.75) is 12.5 Å². The molecule has 3 heteroatoms. The lowest BCUT2D eigenvalue weighted by Gasteiger charge is -2.22. The van der Waals surface area contributed by atoms with Gasteiger partial charge >= 0.3 is 0 Å². The van der Waals surface area contributed by atoms with Crippen molar-refractivity contribution in [3.05, 3.63) is 42.2 Å². The molecule has 2 rings (SSSR count). The van der Waals surface area contributed by atoms with E-state index < -0.39 is 0 Å². The fourth-order valence-electron chi connectivity index (χ4n) is 2.11. The first kappa shape index (κ1) is 11.1. The van der Waals surface area contributed by atoms with Crippen LogP contribution in [0.15, 0.2) is 36.4 Å². The first-order valence-electron chi connectivity index (χ1n) is 5.56. The van der Waals surface area contributed by atoms with Gasteiger partial charge in [0.05, 0.1) is 0 Å². The topological polar surface area (TPSA) is 29.3 Å². The zero-order valence-electron chi connectivity index (χ0n) is 9.44. The largest absolute Gasteiger partial charge is 0.374 e. The van der Waals surface area contributed by atoms with Gasteiger partial charge in [-0.25, -0.2) is 4.39 Å². The van der Waals surface area contributed by atoms with E-state index in [0.29, 0.717) is 5.92 Å². The van der Waals surface area contributed by atoms with Crippen molar-refractivity contribution in [1.29, 1.82) is 0 Å². The third kappa shape index (κ3) is 2.61. The Morgan fingerprint density at radius 3 is 2.88 bits per heavy atom. The predicted molar refractivity (Wildman–Crippen MR) is 64.9 cm³/mol. The SMILES string of the molecule is CN(CC1C=CC(N)C1)c1cccc(F)c1. The van der Waals surface area contributed by atoms with Gasteiger partial charge in [0.15, 0.2) is 0 Å². The number of halogens is 1. The maximum atomic E-state index is 13.0. The van der Waals surface area contributed by atoms with E-state index in [1.165, 1.54) is 6.07 Å². The van der Waals surface area contributed by atoms with Crippen LogP contribution in [-0.4, -0.2) is 19.6 Å². The molecular formula is C13H17FN2. The van der Waals surface area contributed by atoms with Gasteiger partial charge in [-0.15, -0.1) is 0 Å². The van der Waals surface area contributed by atoms with Gasteiger partial charge in [0.25, 0.3) is 0 Å². The van der Waals surface area contributed by atoms with E-state index in [-0.39, 0.29) is 11.9 Å². The highest BCUT2D eigenvalue weighted by Gasteiger charge is 2.17. The van der Waals surface area contributed by atoms with Gasteiger partial charge in [-0.05, 0) is 30.5 Å². The Balaban J connectivity index is 1.98. The molecule has 0 spiro atoms. The van der Waals surface area contributed by atoms with Gasteiger partial charge in [0.1, 0.15) is 5.82 Å². The molecular weight excluding hydrogens is 203 g/mol. The summed E-state index contributed by atoms with van der Waals surface area (Å²) in [5.74, 6) is 0.284. The van der Waals surface area contributed by atoms with Crippen LogP contribution in [-0.2, 0) is 0 Å². The van der Waals surface area contributed by atoms with Crippen LogP contribution < -0.4 is 10.6 Å². The molecule has 0 amide bonds. The third-order valence-electron chi connectivity index (χ3n) is 2.96. The monoisotopic (exact) mass is 220 g/mol. The van der Waals surface area contributed by atoms with Gasteiger partial charge in [-0.1, -0.05) is 18.2 Å². The van der Waals surface area contributed by atoms with Crippen molar-refractivity contribution in [2.24, 2.45) is 11.7 Å². The van der Waals surface area contributed by atoms with E-state index in [2.05, 4.69) is 11.0 Å². The Bertz CT molecular complexity index is 389. The van der Waals surface area contributed by atoms with Gasteiger partial charge in [-0.2, -0.15) is 0 Å². The summed E-state index contributed by atoms with van der Waals surface area (Å²) in [5, 5.41) is 0. The molecule has 1 aromatic carbocycles. The Hall–Kier alpha value is -1.35. The van der Waals surface area contributed by atoms with E-state index in [0.717, 1.165) is 18.7 Å². The summed E-state index contributed by atoms with van der Waals surface area (Å²) in [6.45, 7) is 0.883. The maximum Gasteiger partial charge on any atom is 0.125 e. The van der Waals surface area contributed by atoms with Crippen LogP contribution in [0.4, 0.5) is 10.1 Å². The highest BCUT2D eigenvalue weighted by molar-refractivity contribution is 5.45. The summed E-state index contributed by atoms with van der Waals surface area (Å²) in [5.41, 5.74) is 6.71.